The maximum atomic E-state index is 13.0. The summed E-state index contributed by atoms with van der Waals surface area (Å²) < 4.78 is 16.4. The fourth-order valence-electron chi connectivity index (χ4n) is 3.69. The first-order valence-corrected chi connectivity index (χ1v) is 8.20. The molecule has 1 aromatic rings. The molecule has 0 saturated heterocycles. The predicted molar refractivity (Wildman–Crippen MR) is 91.3 cm³/mol. The van der Waals surface area contributed by atoms with Crippen molar-refractivity contribution in [3.05, 3.63) is 35.1 Å². The molecule has 4 heteroatoms. The van der Waals surface area contributed by atoms with Crippen LogP contribution in [0.2, 0.25) is 0 Å². The van der Waals surface area contributed by atoms with E-state index >= 15 is 0 Å². The minimum absolute atomic E-state index is 0.0970. The van der Waals surface area contributed by atoms with Crippen LogP contribution in [0.3, 0.4) is 0 Å². The summed E-state index contributed by atoms with van der Waals surface area (Å²) in [7, 11) is 3.20. The SMILES string of the molecule is CC#Cc1ccc(C2=C(OCOC)C3CCC(C3)C2=O)c(OC)c1. The molecule has 0 N–H and O–H groups in total. The van der Waals surface area contributed by atoms with Crippen LogP contribution in [-0.2, 0) is 14.3 Å². The third kappa shape index (κ3) is 2.92. The highest BCUT2D eigenvalue weighted by Gasteiger charge is 2.42. The van der Waals surface area contributed by atoms with Crippen LogP contribution in [0.25, 0.3) is 5.57 Å². The van der Waals surface area contributed by atoms with Gasteiger partial charge in [0.1, 0.15) is 11.5 Å². The van der Waals surface area contributed by atoms with Gasteiger partial charge in [-0.15, -0.1) is 5.92 Å². The molecule has 0 heterocycles. The second-order valence-corrected chi connectivity index (χ2v) is 6.15. The second kappa shape index (κ2) is 7.11. The number of ether oxygens (including phenoxy) is 3. The number of carbonyl (C=O) groups is 1. The van der Waals surface area contributed by atoms with Crippen molar-refractivity contribution in [2.24, 2.45) is 11.8 Å². The summed E-state index contributed by atoms with van der Waals surface area (Å²) in [6, 6.07) is 5.70. The molecular formula is C20H22O4. The van der Waals surface area contributed by atoms with E-state index in [0.29, 0.717) is 11.3 Å². The van der Waals surface area contributed by atoms with Crippen LogP contribution in [0.5, 0.6) is 5.75 Å². The third-order valence-electron chi connectivity index (χ3n) is 4.74. The summed E-state index contributed by atoms with van der Waals surface area (Å²) in [5, 5.41) is 0. The minimum atomic E-state index is 0.0970. The number of benzene rings is 1. The Morgan fingerprint density at radius 1 is 1.21 bits per heavy atom. The molecule has 2 atom stereocenters. The lowest BCUT2D eigenvalue weighted by molar-refractivity contribution is -0.118. The van der Waals surface area contributed by atoms with Crippen molar-refractivity contribution < 1.29 is 19.0 Å². The molecule has 126 valence electrons. The Hall–Kier alpha value is -2.25. The van der Waals surface area contributed by atoms with Gasteiger partial charge < -0.3 is 14.2 Å². The average molecular weight is 326 g/mol. The predicted octanol–water partition coefficient (Wildman–Crippen LogP) is 3.40. The summed E-state index contributed by atoms with van der Waals surface area (Å²) in [6.45, 7) is 1.94. The van der Waals surface area contributed by atoms with Crippen LogP contribution in [-0.4, -0.2) is 26.8 Å². The first-order valence-electron chi connectivity index (χ1n) is 8.20. The van der Waals surface area contributed by atoms with Gasteiger partial charge in [0.2, 0.25) is 0 Å². The van der Waals surface area contributed by atoms with Crippen molar-refractivity contribution in [1.29, 1.82) is 0 Å². The van der Waals surface area contributed by atoms with Gasteiger partial charge in [-0.25, -0.2) is 0 Å². The van der Waals surface area contributed by atoms with Crippen molar-refractivity contribution in [2.75, 3.05) is 21.0 Å². The number of methoxy groups -OCH3 is 2. The molecule has 0 aliphatic heterocycles. The van der Waals surface area contributed by atoms with Gasteiger partial charge in [0.05, 0.1) is 12.7 Å². The van der Waals surface area contributed by atoms with Crippen LogP contribution in [0.4, 0.5) is 0 Å². The fourth-order valence-corrected chi connectivity index (χ4v) is 3.69. The van der Waals surface area contributed by atoms with E-state index in [1.54, 1.807) is 21.1 Å². The van der Waals surface area contributed by atoms with Crippen LogP contribution >= 0.6 is 0 Å². The summed E-state index contributed by atoms with van der Waals surface area (Å²) in [5.41, 5.74) is 2.30. The lowest BCUT2D eigenvalue weighted by Gasteiger charge is -2.26. The molecule has 3 rings (SSSR count). The number of rotatable bonds is 5. The third-order valence-corrected chi connectivity index (χ3v) is 4.74. The number of allylic oxidation sites excluding steroid dienone is 2. The van der Waals surface area contributed by atoms with Crippen LogP contribution < -0.4 is 4.74 Å². The van der Waals surface area contributed by atoms with Gasteiger partial charge in [-0.05, 0) is 44.4 Å². The van der Waals surface area contributed by atoms with E-state index < -0.39 is 0 Å². The van der Waals surface area contributed by atoms with Gasteiger partial charge in [-0.3, -0.25) is 4.79 Å². The smallest absolute Gasteiger partial charge is 0.188 e. The summed E-state index contributed by atoms with van der Waals surface area (Å²) in [4.78, 5) is 13.0. The zero-order chi connectivity index (χ0) is 17.1. The number of hydrogen-bond acceptors (Lipinski definition) is 4. The Morgan fingerprint density at radius 2 is 2.00 bits per heavy atom. The monoisotopic (exact) mass is 326 g/mol. The molecule has 4 nitrogen and oxygen atoms in total. The Morgan fingerprint density at radius 3 is 2.71 bits per heavy atom. The van der Waals surface area contributed by atoms with Gasteiger partial charge in [-0.2, -0.15) is 0 Å². The quantitative estimate of drug-likeness (QED) is 0.614. The largest absolute Gasteiger partial charge is 0.496 e. The van der Waals surface area contributed by atoms with E-state index in [2.05, 4.69) is 11.8 Å². The molecule has 0 amide bonds. The molecular weight excluding hydrogens is 304 g/mol. The first-order chi connectivity index (χ1) is 11.7. The number of fused-ring (bicyclic) bond motifs is 2. The van der Waals surface area contributed by atoms with E-state index in [1.165, 1.54) is 0 Å². The number of ketones is 1. The van der Waals surface area contributed by atoms with Gasteiger partial charge in [-0.1, -0.05) is 5.92 Å². The van der Waals surface area contributed by atoms with E-state index in [4.69, 9.17) is 14.2 Å². The molecule has 1 saturated carbocycles. The molecule has 0 aromatic heterocycles. The van der Waals surface area contributed by atoms with E-state index in [0.717, 1.165) is 36.1 Å². The second-order valence-electron chi connectivity index (χ2n) is 6.15. The van der Waals surface area contributed by atoms with Crippen LogP contribution in [0, 0.1) is 23.7 Å². The molecule has 2 unspecified atom stereocenters. The van der Waals surface area contributed by atoms with Crippen LogP contribution in [0.1, 0.15) is 37.3 Å². The number of hydrogen-bond donors (Lipinski definition) is 0. The Kier molecular flexibility index (Phi) is 4.92. The number of Topliss-reactive ketones (excluding diaryl/α,β-unsaturated/α-hetero) is 1. The Bertz CT molecular complexity index is 736. The van der Waals surface area contributed by atoms with Crippen LogP contribution in [0.15, 0.2) is 24.0 Å². The standard InChI is InChI=1S/C20H22O4/c1-4-5-13-6-9-16(17(10-13)23-3)18-19(21)14-7-8-15(11-14)20(18)24-12-22-2/h6,9-10,14-15H,7-8,11-12H2,1-3H3. The maximum absolute atomic E-state index is 13.0. The first kappa shape index (κ1) is 16.6. The molecule has 1 fully saturated rings. The average Bonchev–Trinajstić information content (AvgIpc) is 3.04. The molecule has 0 radical (unpaired) electrons. The Labute approximate surface area is 142 Å². The molecule has 1 aromatic carbocycles. The highest BCUT2D eigenvalue weighted by atomic mass is 16.7. The van der Waals surface area contributed by atoms with E-state index in [9.17, 15) is 4.79 Å². The maximum Gasteiger partial charge on any atom is 0.188 e. The van der Waals surface area contributed by atoms with Gasteiger partial charge >= 0.3 is 0 Å². The minimum Gasteiger partial charge on any atom is -0.496 e. The Balaban J connectivity index is 2.12. The fraction of sp³-hybridized carbons (Fsp3) is 0.450. The van der Waals surface area contributed by atoms with Crippen molar-refractivity contribution >= 4 is 11.4 Å². The van der Waals surface area contributed by atoms with Crippen molar-refractivity contribution in [3.63, 3.8) is 0 Å². The van der Waals surface area contributed by atoms with Gasteiger partial charge in [0.15, 0.2) is 12.6 Å². The topological polar surface area (TPSA) is 44.8 Å². The van der Waals surface area contributed by atoms with E-state index in [-0.39, 0.29) is 24.4 Å². The lowest BCUT2D eigenvalue weighted by Crippen LogP contribution is -2.23. The van der Waals surface area contributed by atoms with Crippen molar-refractivity contribution in [3.8, 4) is 17.6 Å². The molecule has 24 heavy (non-hydrogen) atoms. The van der Waals surface area contributed by atoms with Gasteiger partial charge in [0, 0.05) is 30.1 Å². The van der Waals surface area contributed by atoms with Crippen molar-refractivity contribution in [1.82, 2.24) is 0 Å². The van der Waals surface area contributed by atoms with Crippen molar-refractivity contribution in [2.45, 2.75) is 26.2 Å². The molecule has 2 aliphatic carbocycles. The summed E-state index contributed by atoms with van der Waals surface area (Å²) in [5.74, 6) is 7.84. The zero-order valence-electron chi connectivity index (χ0n) is 14.3. The zero-order valence-corrected chi connectivity index (χ0v) is 14.3. The van der Waals surface area contributed by atoms with Gasteiger partial charge in [0.25, 0.3) is 0 Å². The summed E-state index contributed by atoms with van der Waals surface area (Å²) >= 11 is 0. The highest BCUT2D eigenvalue weighted by molar-refractivity contribution is 6.24. The summed E-state index contributed by atoms with van der Waals surface area (Å²) in [6.07, 6.45) is 2.79. The lowest BCUT2D eigenvalue weighted by atomic mass is 9.83. The highest BCUT2D eigenvalue weighted by Crippen LogP contribution is 2.48. The molecule has 2 aliphatic rings. The normalized spacial score (nSPS) is 22.2. The molecule has 2 bridgehead atoms. The van der Waals surface area contributed by atoms with E-state index in [1.807, 2.05) is 18.2 Å². The molecule has 0 spiro atoms. The number of carbonyl (C=O) groups excluding carboxylic acids is 1.